The topological polar surface area (TPSA) is 490 Å². The van der Waals surface area contributed by atoms with Crippen molar-refractivity contribution >= 4 is 65.0 Å². The molecule has 0 aliphatic rings. The minimum absolute atomic E-state index is 0.0287. The third-order valence-corrected chi connectivity index (χ3v) is 17.0. The fourth-order valence-electron chi connectivity index (χ4n) is 11.4. The largest absolute Gasteiger partial charge is 0.368 e. The van der Waals surface area contributed by atoms with Gasteiger partial charge in [0.15, 0.2) is 0 Å². The second-order valence-corrected chi connectivity index (χ2v) is 27.5. The Bertz CT molecular complexity index is 2510. The van der Waals surface area contributed by atoms with Crippen LogP contribution in [0.4, 0.5) is 0 Å². The van der Waals surface area contributed by atoms with Gasteiger partial charge in [0.05, 0.1) is 0 Å². The number of unbranched alkanes of at least 4 members (excludes halogenated alkanes) is 10. The average Bonchev–Trinajstić information content (AvgIpc) is 0.872. The molecule has 0 aromatic heterocycles. The number of nitrogens with two attached hydrogens (primary N) is 7. The predicted molar refractivity (Wildman–Crippen MR) is 388 cm³/mol. The van der Waals surface area contributed by atoms with Crippen molar-refractivity contribution in [1.29, 1.82) is 0 Å². The first kappa shape index (κ1) is 90.2. The maximum Gasteiger partial charge on any atom is 0.243 e. The molecule has 0 aliphatic heterocycles. The van der Waals surface area contributed by atoms with E-state index in [2.05, 4.69) is 60.1 Å². The Morgan fingerprint density at radius 1 is 0.303 bits per heavy atom. The van der Waals surface area contributed by atoms with E-state index >= 15 is 0 Å². The molecule has 0 aliphatic carbocycles. The van der Waals surface area contributed by atoms with E-state index in [9.17, 15) is 52.7 Å². The van der Waals surface area contributed by atoms with Crippen LogP contribution < -0.4 is 93.3 Å². The molecular weight excluding hydrogens is 1270 g/mol. The molecule has 99 heavy (non-hydrogen) atoms. The van der Waals surface area contributed by atoms with Crippen molar-refractivity contribution in [2.45, 2.75) is 289 Å². The molecule has 28 nitrogen and oxygen atoms in total. The second-order valence-electron chi connectivity index (χ2n) is 27.5. The number of nitrogens with one attached hydrogen (secondary N) is 10. The van der Waals surface area contributed by atoms with Gasteiger partial charge in [0.1, 0.15) is 60.4 Å². The molecule has 0 heterocycles. The fraction of sp³-hybridized carbons (Fsp3) is 0.761. The number of hydrogen-bond donors (Lipinski definition) is 17. The average molecular weight is 1400 g/mol. The van der Waals surface area contributed by atoms with Gasteiger partial charge in [0.25, 0.3) is 0 Å². The summed E-state index contributed by atoms with van der Waals surface area (Å²) in [5, 5.41) is 28.3. The molecule has 0 spiro atoms. The van der Waals surface area contributed by atoms with E-state index in [4.69, 9.17) is 40.1 Å². The summed E-state index contributed by atoms with van der Waals surface area (Å²) in [5.74, 6) is -7.60. The van der Waals surface area contributed by atoms with Crippen molar-refractivity contribution in [2.24, 2.45) is 57.9 Å². The standard InChI is InChI=1S/C71H131N17O11/c1-8-9-10-11-15-36-61(89)79-52(31-17-23-38-73)63(91)85-57(43-47(2)3)68(96)83-53(32-18-24-39-74)64(92)81-55(34-20-26-41-76)66(94)86-58(44-48(4)5)69(97)84-54(33-19-25-40-75)65(93)82-56(35-21-27-42-77)67(95)87-59(45-49(6)7)70(98)88-60(46-50-28-13-12-14-29-50)71(99)80-51(62(78)90)30-16-22-37-72/h12-14,28-29,47-49,51-60H,8-11,15-27,30-46,72-77H2,1-7H3,(H2,78,90)(H,79,89)(H,80,99)(H,81,92)(H,82,93)(H,83,96)(H,84,97)(H,85,91)(H,86,94)(H,87,95)(H,88,98)/t51-,52-,53-,54-,55-,56-,57-,58-,59-,60-/m0/s1. The Hall–Kier alpha value is -6.85. The molecule has 566 valence electrons. The Morgan fingerprint density at radius 2 is 0.556 bits per heavy atom. The normalized spacial score (nSPS) is 14.4. The molecule has 0 fully saturated rings. The zero-order valence-corrected chi connectivity index (χ0v) is 61.0. The Balaban J connectivity index is 3.67. The summed E-state index contributed by atoms with van der Waals surface area (Å²) >= 11 is 0. The summed E-state index contributed by atoms with van der Waals surface area (Å²) < 4.78 is 0. The molecule has 11 amide bonds. The van der Waals surface area contributed by atoms with E-state index in [1.54, 1.807) is 30.3 Å². The smallest absolute Gasteiger partial charge is 0.243 e. The van der Waals surface area contributed by atoms with Gasteiger partial charge in [-0.1, -0.05) is 104 Å². The lowest BCUT2D eigenvalue weighted by atomic mass is 9.99. The minimum Gasteiger partial charge on any atom is -0.368 e. The van der Waals surface area contributed by atoms with Gasteiger partial charge in [-0.2, -0.15) is 0 Å². The van der Waals surface area contributed by atoms with Gasteiger partial charge in [-0.05, 0) is 204 Å². The van der Waals surface area contributed by atoms with Gasteiger partial charge in [0, 0.05) is 12.8 Å². The molecule has 0 bridgehead atoms. The van der Waals surface area contributed by atoms with Gasteiger partial charge in [-0.15, -0.1) is 0 Å². The first-order valence-corrected chi connectivity index (χ1v) is 36.9. The summed E-state index contributed by atoms with van der Waals surface area (Å²) in [6.07, 6.45) is 12.1. The maximum atomic E-state index is 14.7. The summed E-state index contributed by atoms with van der Waals surface area (Å²) in [4.78, 5) is 156. The highest BCUT2D eigenvalue weighted by Crippen LogP contribution is 2.16. The van der Waals surface area contributed by atoms with E-state index in [1.807, 2.05) is 41.5 Å². The van der Waals surface area contributed by atoms with E-state index in [-0.39, 0.29) is 108 Å². The highest BCUT2D eigenvalue weighted by atomic mass is 16.2. The van der Waals surface area contributed by atoms with Crippen LogP contribution in [0.25, 0.3) is 0 Å². The Kier molecular flexibility index (Phi) is 49.2. The molecule has 24 N–H and O–H groups in total. The first-order chi connectivity index (χ1) is 47.3. The van der Waals surface area contributed by atoms with E-state index in [0.29, 0.717) is 115 Å². The van der Waals surface area contributed by atoms with E-state index in [1.165, 1.54) is 0 Å². The van der Waals surface area contributed by atoms with Gasteiger partial charge < -0.3 is 93.3 Å². The van der Waals surface area contributed by atoms with Gasteiger partial charge in [-0.25, -0.2) is 0 Å². The van der Waals surface area contributed by atoms with Crippen molar-refractivity contribution in [3.8, 4) is 0 Å². The molecule has 28 heteroatoms. The van der Waals surface area contributed by atoms with Crippen LogP contribution in [0.1, 0.15) is 227 Å². The molecule has 0 saturated heterocycles. The first-order valence-electron chi connectivity index (χ1n) is 36.9. The molecule has 0 unspecified atom stereocenters. The SMILES string of the molecule is CCCCCCCC(=O)N[C@@H](CCCCN)C(=O)N[C@@H](CC(C)C)C(=O)N[C@@H](CCCCN)C(=O)N[C@@H](CCCCN)C(=O)N[C@@H](CC(C)C)C(=O)N[C@@H](CCCCN)C(=O)N[C@@H](CCCCN)C(=O)N[C@@H](CC(C)C)C(=O)N[C@@H](Cc1ccccc1)C(=O)N[C@@H](CCCCN)C(N)=O. The minimum atomic E-state index is -1.26. The van der Waals surface area contributed by atoms with Crippen LogP contribution in [0.15, 0.2) is 30.3 Å². The third-order valence-electron chi connectivity index (χ3n) is 17.0. The lowest BCUT2D eigenvalue weighted by Crippen LogP contribution is -2.61. The van der Waals surface area contributed by atoms with E-state index < -0.39 is 119 Å². The van der Waals surface area contributed by atoms with Crippen LogP contribution >= 0.6 is 0 Å². The summed E-state index contributed by atoms with van der Waals surface area (Å²) in [5.41, 5.74) is 41.4. The van der Waals surface area contributed by atoms with Gasteiger partial charge in [0.2, 0.25) is 65.0 Å². The molecule has 1 rings (SSSR count). The Labute approximate surface area is 590 Å². The molecule has 1 aromatic carbocycles. The fourth-order valence-corrected chi connectivity index (χ4v) is 11.4. The number of rotatable bonds is 58. The lowest BCUT2D eigenvalue weighted by Gasteiger charge is -2.29. The monoisotopic (exact) mass is 1400 g/mol. The molecule has 1 aromatic rings. The van der Waals surface area contributed by atoms with Crippen LogP contribution in [0.3, 0.4) is 0 Å². The number of primary amides is 1. The van der Waals surface area contributed by atoms with Crippen molar-refractivity contribution in [3.63, 3.8) is 0 Å². The quantitative estimate of drug-likeness (QED) is 0.0414. The summed E-state index contributed by atoms with van der Waals surface area (Å²) in [6, 6.07) is -2.79. The van der Waals surface area contributed by atoms with Gasteiger partial charge >= 0.3 is 0 Å². The van der Waals surface area contributed by atoms with Crippen LogP contribution in [0.2, 0.25) is 0 Å². The zero-order chi connectivity index (χ0) is 74.1. The molecule has 0 saturated carbocycles. The highest BCUT2D eigenvalue weighted by Gasteiger charge is 2.37. The van der Waals surface area contributed by atoms with Crippen LogP contribution in [0, 0.1) is 17.8 Å². The van der Waals surface area contributed by atoms with Crippen molar-refractivity contribution in [2.75, 3.05) is 39.3 Å². The second kappa shape index (κ2) is 54.0. The summed E-state index contributed by atoms with van der Waals surface area (Å²) in [6.45, 7) is 15.2. The highest BCUT2D eigenvalue weighted by molar-refractivity contribution is 5.99. The number of hydrogen-bond acceptors (Lipinski definition) is 17. The van der Waals surface area contributed by atoms with Crippen molar-refractivity contribution < 1.29 is 52.7 Å². The van der Waals surface area contributed by atoms with Crippen LogP contribution in [0.5, 0.6) is 0 Å². The summed E-state index contributed by atoms with van der Waals surface area (Å²) in [7, 11) is 0. The zero-order valence-electron chi connectivity index (χ0n) is 61.0. The number of amides is 11. The van der Waals surface area contributed by atoms with Gasteiger partial charge in [-0.3, -0.25) is 52.7 Å². The third kappa shape index (κ3) is 40.3. The maximum absolute atomic E-state index is 14.7. The molecular formula is C71H131N17O11. The predicted octanol–water partition coefficient (Wildman–Crippen LogP) is 1.84. The number of benzene rings is 1. The molecule has 0 radical (unpaired) electrons. The number of carbonyl (C=O) groups excluding carboxylic acids is 11. The van der Waals surface area contributed by atoms with E-state index in [0.717, 1.165) is 25.7 Å². The van der Waals surface area contributed by atoms with Crippen LogP contribution in [-0.4, -0.2) is 165 Å². The van der Waals surface area contributed by atoms with Crippen molar-refractivity contribution in [1.82, 2.24) is 53.2 Å². The van der Waals surface area contributed by atoms with Crippen molar-refractivity contribution in [3.05, 3.63) is 35.9 Å². The Morgan fingerprint density at radius 3 is 0.848 bits per heavy atom. The van der Waals surface area contributed by atoms with Crippen LogP contribution in [-0.2, 0) is 59.2 Å². The molecule has 10 atom stereocenters. The number of carbonyl (C=O) groups is 11. The lowest BCUT2D eigenvalue weighted by molar-refractivity contribution is -0.136.